The van der Waals surface area contributed by atoms with Crippen LogP contribution in [0.15, 0.2) is 24.3 Å². The topological polar surface area (TPSA) is 12.0 Å². The Morgan fingerprint density at radius 1 is 1.17 bits per heavy atom. The van der Waals surface area contributed by atoms with Gasteiger partial charge in [-0.1, -0.05) is 24.6 Å². The molecule has 1 aliphatic carbocycles. The fourth-order valence-corrected chi connectivity index (χ4v) is 2.66. The second-order valence-corrected chi connectivity index (χ2v) is 3.88. The van der Waals surface area contributed by atoms with E-state index in [0.29, 0.717) is 0 Å². The van der Waals surface area contributed by atoms with Crippen molar-refractivity contribution in [2.24, 2.45) is 0 Å². The molecule has 0 spiro atoms. The molecule has 1 aliphatic heterocycles. The van der Waals surface area contributed by atoms with E-state index in [2.05, 4.69) is 29.6 Å². The number of benzene rings is 1. The van der Waals surface area contributed by atoms with Gasteiger partial charge in [-0.15, -0.1) is 0 Å². The summed E-state index contributed by atoms with van der Waals surface area (Å²) in [5, 5.41) is 3.60. The molecule has 0 saturated heterocycles. The second kappa shape index (κ2) is 2.25. The minimum absolute atomic E-state index is 0.752. The van der Waals surface area contributed by atoms with Crippen molar-refractivity contribution in [3.05, 3.63) is 29.8 Å². The molecule has 2 aliphatic rings. The van der Waals surface area contributed by atoms with Crippen molar-refractivity contribution in [2.75, 3.05) is 5.32 Å². The zero-order chi connectivity index (χ0) is 7.97. The predicted octanol–water partition coefficient (Wildman–Crippen LogP) is 2.75. The van der Waals surface area contributed by atoms with Crippen molar-refractivity contribution in [1.82, 2.24) is 0 Å². The first-order chi connectivity index (χ1) is 5.95. The predicted molar refractivity (Wildman–Crippen MR) is 50.4 cm³/mol. The van der Waals surface area contributed by atoms with Gasteiger partial charge < -0.3 is 5.32 Å². The van der Waals surface area contributed by atoms with Crippen LogP contribution in [0.4, 0.5) is 5.69 Å². The molecule has 1 fully saturated rings. The molecule has 0 bridgehead atoms. The lowest BCUT2D eigenvalue weighted by molar-refractivity contribution is 0.689. The Morgan fingerprint density at radius 2 is 2.08 bits per heavy atom. The van der Waals surface area contributed by atoms with Crippen molar-refractivity contribution >= 4 is 5.69 Å². The van der Waals surface area contributed by atoms with Crippen molar-refractivity contribution in [1.29, 1.82) is 0 Å². The van der Waals surface area contributed by atoms with Crippen LogP contribution in [-0.2, 0) is 0 Å². The average Bonchev–Trinajstić information content (AvgIpc) is 2.62. The molecule has 3 rings (SSSR count). The molecular weight excluding hydrogens is 146 g/mol. The fraction of sp³-hybridized carbons (Fsp3) is 0.455. The summed E-state index contributed by atoms with van der Waals surface area (Å²) in [5.41, 5.74) is 2.94. The van der Waals surface area contributed by atoms with Crippen LogP contribution in [0.3, 0.4) is 0 Å². The Kier molecular flexibility index (Phi) is 1.23. The molecule has 1 aromatic rings. The first kappa shape index (κ1) is 6.53. The maximum atomic E-state index is 3.60. The van der Waals surface area contributed by atoms with Crippen LogP contribution in [0, 0.1) is 0 Å². The summed E-state index contributed by atoms with van der Waals surface area (Å²) in [6, 6.07) is 9.50. The number of para-hydroxylation sites is 1. The Balaban J connectivity index is 2.09. The van der Waals surface area contributed by atoms with Crippen molar-refractivity contribution in [3.63, 3.8) is 0 Å². The van der Waals surface area contributed by atoms with E-state index < -0.39 is 0 Å². The number of nitrogens with one attached hydrogen (secondary N) is 1. The van der Waals surface area contributed by atoms with Crippen LogP contribution in [0.25, 0.3) is 0 Å². The lowest BCUT2D eigenvalue weighted by Gasteiger charge is -2.07. The summed E-state index contributed by atoms with van der Waals surface area (Å²) in [4.78, 5) is 0. The van der Waals surface area contributed by atoms with E-state index in [-0.39, 0.29) is 0 Å². The van der Waals surface area contributed by atoms with Crippen molar-refractivity contribution in [2.45, 2.75) is 31.2 Å². The standard InChI is InChI=1S/C11H13N/c1-2-6-10-8(4-1)9-5-3-7-11(9)12-10/h1-2,4,6,9,11-12H,3,5,7H2/t9-,11?/m1/s1. The van der Waals surface area contributed by atoms with Crippen molar-refractivity contribution < 1.29 is 0 Å². The molecule has 1 heteroatoms. The van der Waals surface area contributed by atoms with Crippen LogP contribution in [0.2, 0.25) is 0 Å². The van der Waals surface area contributed by atoms with E-state index in [9.17, 15) is 0 Å². The summed E-state index contributed by atoms with van der Waals surface area (Å²) < 4.78 is 0. The smallest absolute Gasteiger partial charge is 0.0378 e. The summed E-state index contributed by atoms with van der Waals surface area (Å²) in [6.07, 6.45) is 4.14. The van der Waals surface area contributed by atoms with Gasteiger partial charge in [-0.3, -0.25) is 0 Å². The molecule has 1 aromatic carbocycles. The third-order valence-corrected chi connectivity index (χ3v) is 3.22. The molecule has 1 saturated carbocycles. The van der Waals surface area contributed by atoms with E-state index in [1.54, 1.807) is 5.56 Å². The molecular formula is C11H13N. The highest BCUT2D eigenvalue weighted by Gasteiger charge is 2.34. The summed E-state index contributed by atoms with van der Waals surface area (Å²) in [7, 11) is 0. The third kappa shape index (κ3) is 0.739. The van der Waals surface area contributed by atoms with Gasteiger partial charge in [0.25, 0.3) is 0 Å². The van der Waals surface area contributed by atoms with E-state index in [1.807, 2.05) is 0 Å². The molecule has 1 heterocycles. The van der Waals surface area contributed by atoms with Gasteiger partial charge in [0.05, 0.1) is 0 Å². The molecule has 1 nitrogen and oxygen atoms in total. The molecule has 0 radical (unpaired) electrons. The lowest BCUT2D eigenvalue weighted by Crippen LogP contribution is -2.13. The van der Waals surface area contributed by atoms with Gasteiger partial charge in [-0.05, 0) is 24.5 Å². The first-order valence-electron chi connectivity index (χ1n) is 4.80. The monoisotopic (exact) mass is 159 g/mol. The summed E-state index contributed by atoms with van der Waals surface area (Å²) >= 11 is 0. The van der Waals surface area contributed by atoms with E-state index in [1.165, 1.54) is 24.9 Å². The third-order valence-electron chi connectivity index (χ3n) is 3.22. The average molecular weight is 159 g/mol. The summed E-state index contributed by atoms with van der Waals surface area (Å²) in [6.45, 7) is 0. The zero-order valence-corrected chi connectivity index (χ0v) is 7.09. The van der Waals surface area contributed by atoms with Crippen LogP contribution >= 0.6 is 0 Å². The van der Waals surface area contributed by atoms with Gasteiger partial charge >= 0.3 is 0 Å². The van der Waals surface area contributed by atoms with Gasteiger partial charge in [0.2, 0.25) is 0 Å². The zero-order valence-electron chi connectivity index (χ0n) is 7.09. The second-order valence-electron chi connectivity index (χ2n) is 3.88. The Labute approximate surface area is 72.8 Å². The van der Waals surface area contributed by atoms with Gasteiger partial charge in [0, 0.05) is 17.6 Å². The van der Waals surface area contributed by atoms with Gasteiger partial charge in [0.1, 0.15) is 0 Å². The lowest BCUT2D eigenvalue weighted by atomic mass is 9.98. The highest BCUT2D eigenvalue weighted by Crippen LogP contribution is 2.44. The Morgan fingerprint density at radius 3 is 3.08 bits per heavy atom. The number of hydrogen-bond donors (Lipinski definition) is 1. The van der Waals surface area contributed by atoms with Gasteiger partial charge in [-0.25, -0.2) is 0 Å². The van der Waals surface area contributed by atoms with Gasteiger partial charge in [-0.2, -0.15) is 0 Å². The highest BCUT2D eigenvalue weighted by atomic mass is 15.0. The Bertz CT molecular complexity index is 306. The minimum Gasteiger partial charge on any atom is -0.381 e. The fourth-order valence-electron chi connectivity index (χ4n) is 2.66. The SMILES string of the molecule is c1ccc2c(c1)NC1CCC[C@H]21. The molecule has 1 N–H and O–H groups in total. The quantitative estimate of drug-likeness (QED) is 0.613. The minimum atomic E-state index is 0.752. The molecule has 2 atom stereocenters. The van der Waals surface area contributed by atoms with Crippen LogP contribution in [0.5, 0.6) is 0 Å². The molecule has 62 valence electrons. The van der Waals surface area contributed by atoms with Crippen molar-refractivity contribution in [3.8, 4) is 0 Å². The number of rotatable bonds is 0. The molecule has 12 heavy (non-hydrogen) atoms. The normalized spacial score (nSPS) is 31.0. The van der Waals surface area contributed by atoms with E-state index >= 15 is 0 Å². The Hall–Kier alpha value is -0.980. The van der Waals surface area contributed by atoms with E-state index in [0.717, 1.165) is 12.0 Å². The maximum Gasteiger partial charge on any atom is 0.0378 e. The van der Waals surface area contributed by atoms with Crippen LogP contribution in [-0.4, -0.2) is 6.04 Å². The number of fused-ring (bicyclic) bond motifs is 3. The molecule has 0 aromatic heterocycles. The highest BCUT2D eigenvalue weighted by molar-refractivity contribution is 5.59. The molecule has 1 unspecified atom stereocenters. The number of anilines is 1. The van der Waals surface area contributed by atoms with Crippen LogP contribution < -0.4 is 5.32 Å². The summed E-state index contributed by atoms with van der Waals surface area (Å²) in [5.74, 6) is 0.821. The number of hydrogen-bond acceptors (Lipinski definition) is 1. The van der Waals surface area contributed by atoms with E-state index in [4.69, 9.17) is 0 Å². The largest absolute Gasteiger partial charge is 0.381 e. The maximum absolute atomic E-state index is 3.60. The first-order valence-corrected chi connectivity index (χ1v) is 4.80. The van der Waals surface area contributed by atoms with Crippen LogP contribution in [0.1, 0.15) is 30.7 Å². The molecule has 0 amide bonds. The van der Waals surface area contributed by atoms with Gasteiger partial charge in [0.15, 0.2) is 0 Å².